The number of rotatable bonds is 13. The van der Waals surface area contributed by atoms with Gasteiger partial charge in [-0.15, -0.1) is 0 Å². The third kappa shape index (κ3) is 10.6. The normalized spacial score (nSPS) is 20.6. The van der Waals surface area contributed by atoms with E-state index in [1.54, 1.807) is 0 Å². The van der Waals surface area contributed by atoms with Crippen LogP contribution in [0.1, 0.15) is 30.0 Å². The number of carbonyl (C=O) groups is 1. The van der Waals surface area contributed by atoms with Crippen molar-refractivity contribution in [3.63, 3.8) is 0 Å². The lowest BCUT2D eigenvalue weighted by atomic mass is 9.92. The Balaban J connectivity index is 1.63. The van der Waals surface area contributed by atoms with Gasteiger partial charge in [0.1, 0.15) is 24.4 Å². The van der Waals surface area contributed by atoms with E-state index in [0.717, 1.165) is 16.7 Å². The Morgan fingerprint density at radius 2 is 1.43 bits per heavy atom. The van der Waals surface area contributed by atoms with E-state index in [1.807, 2.05) is 91.0 Å². The molecule has 1 saturated heterocycles. The van der Waals surface area contributed by atoms with Crippen LogP contribution >= 0.6 is 0 Å². The second kappa shape index (κ2) is 18.1. The molecule has 44 heavy (non-hydrogen) atoms. The van der Waals surface area contributed by atoms with Gasteiger partial charge in [0.25, 0.3) is 0 Å². The number of carbonyl (C=O) groups excluding carboxylic acids is 1. The van der Waals surface area contributed by atoms with E-state index in [0.29, 0.717) is 26.2 Å². The molecule has 1 heterocycles. The summed E-state index contributed by atoms with van der Waals surface area (Å²) in [4.78, 5) is 15.2. The SMILES string of the molecule is CC(=O)N[C@@H]1[C@@H](OCc2ccccc2)[C@@H](OCc2ccccc2)[C@@H](COCc2ccccc2)O[C@@H]1C#CC#CCCN=[N+]=[N-]. The second-order valence-corrected chi connectivity index (χ2v) is 10.1. The van der Waals surface area contributed by atoms with Crippen LogP contribution in [0.2, 0.25) is 0 Å². The van der Waals surface area contributed by atoms with Crippen LogP contribution in [0.25, 0.3) is 10.4 Å². The molecule has 0 spiro atoms. The molecule has 1 fully saturated rings. The molecule has 0 saturated carbocycles. The smallest absolute Gasteiger partial charge is 0.217 e. The highest BCUT2D eigenvalue weighted by Gasteiger charge is 2.47. The van der Waals surface area contributed by atoms with Gasteiger partial charge < -0.3 is 24.3 Å². The molecule has 1 amide bonds. The van der Waals surface area contributed by atoms with Crippen molar-refractivity contribution in [2.24, 2.45) is 5.11 Å². The Labute approximate surface area is 258 Å². The first-order valence-corrected chi connectivity index (χ1v) is 14.5. The van der Waals surface area contributed by atoms with Crippen molar-refractivity contribution >= 4 is 5.91 Å². The standard InChI is InChI=1S/C35H36N4O5/c1-27(40)38-33-31(21-13-2-3-14-22-37-39-36)44-32(26-41-23-28-15-7-4-8-16-28)34(42-24-29-17-9-5-10-18-29)35(33)43-25-30-19-11-6-12-20-30/h4-12,15-20,31-35H,14,22-26H2,1H3,(H,38,40)/t31-,32-,33+,34+,35-/m1/s1. The minimum atomic E-state index is -0.756. The van der Waals surface area contributed by atoms with Crippen LogP contribution in [0, 0.1) is 23.7 Å². The highest BCUT2D eigenvalue weighted by Crippen LogP contribution is 2.28. The molecule has 5 atom stereocenters. The highest BCUT2D eigenvalue weighted by molar-refractivity contribution is 5.73. The average Bonchev–Trinajstić information content (AvgIpc) is 3.05. The van der Waals surface area contributed by atoms with Gasteiger partial charge in [0.15, 0.2) is 0 Å². The number of nitrogens with one attached hydrogen (secondary N) is 1. The monoisotopic (exact) mass is 592 g/mol. The zero-order chi connectivity index (χ0) is 30.8. The van der Waals surface area contributed by atoms with Crippen molar-refractivity contribution in [2.45, 2.75) is 63.6 Å². The molecular formula is C35H36N4O5. The van der Waals surface area contributed by atoms with E-state index in [1.165, 1.54) is 6.92 Å². The van der Waals surface area contributed by atoms with Crippen molar-refractivity contribution in [2.75, 3.05) is 13.2 Å². The molecule has 1 aliphatic rings. The van der Waals surface area contributed by atoms with Gasteiger partial charge in [-0.1, -0.05) is 108 Å². The van der Waals surface area contributed by atoms with Gasteiger partial charge in [0.05, 0.1) is 32.5 Å². The number of ether oxygens (including phenoxy) is 4. The Morgan fingerprint density at radius 3 is 2.00 bits per heavy atom. The topological polar surface area (TPSA) is 115 Å². The number of amides is 1. The van der Waals surface area contributed by atoms with Crippen molar-refractivity contribution in [1.29, 1.82) is 0 Å². The first kappa shape index (κ1) is 32.3. The fraction of sp³-hybridized carbons (Fsp3) is 0.343. The summed E-state index contributed by atoms with van der Waals surface area (Å²) in [6.07, 6.45) is -2.16. The molecule has 0 bridgehead atoms. The van der Waals surface area contributed by atoms with E-state index < -0.39 is 30.5 Å². The summed E-state index contributed by atoms with van der Waals surface area (Å²) >= 11 is 0. The van der Waals surface area contributed by atoms with Crippen LogP contribution in [-0.4, -0.2) is 49.5 Å². The Kier molecular flexibility index (Phi) is 13.3. The zero-order valence-electron chi connectivity index (χ0n) is 24.7. The lowest BCUT2D eigenvalue weighted by molar-refractivity contribution is -0.222. The molecule has 3 aromatic rings. The van der Waals surface area contributed by atoms with E-state index in [9.17, 15) is 4.79 Å². The largest absolute Gasteiger partial charge is 0.374 e. The van der Waals surface area contributed by atoms with Crippen LogP contribution in [-0.2, 0) is 43.6 Å². The lowest BCUT2D eigenvalue weighted by Crippen LogP contribution is -2.65. The maximum Gasteiger partial charge on any atom is 0.217 e. The van der Waals surface area contributed by atoms with Gasteiger partial charge in [-0.25, -0.2) is 0 Å². The highest BCUT2D eigenvalue weighted by atomic mass is 16.6. The van der Waals surface area contributed by atoms with Crippen LogP contribution in [0.4, 0.5) is 0 Å². The molecule has 0 aromatic heterocycles. The van der Waals surface area contributed by atoms with E-state index in [-0.39, 0.29) is 19.1 Å². The summed E-state index contributed by atoms with van der Waals surface area (Å²) in [5.41, 5.74) is 11.5. The van der Waals surface area contributed by atoms with Gasteiger partial charge in [-0.3, -0.25) is 4.79 Å². The quantitative estimate of drug-likeness (QED) is 0.0945. The molecule has 0 unspecified atom stereocenters. The molecule has 226 valence electrons. The lowest BCUT2D eigenvalue weighted by Gasteiger charge is -2.45. The predicted octanol–water partition coefficient (Wildman–Crippen LogP) is 5.35. The molecule has 4 rings (SSSR count). The number of hydrogen-bond donors (Lipinski definition) is 1. The Hall–Kier alpha value is -4.60. The van der Waals surface area contributed by atoms with Gasteiger partial charge in [-0.05, 0) is 34.1 Å². The number of azide groups is 1. The zero-order valence-corrected chi connectivity index (χ0v) is 24.7. The molecule has 1 aliphatic heterocycles. The summed E-state index contributed by atoms with van der Waals surface area (Å²) in [6.45, 7) is 2.92. The molecule has 1 N–H and O–H groups in total. The van der Waals surface area contributed by atoms with Gasteiger partial charge in [-0.2, -0.15) is 0 Å². The van der Waals surface area contributed by atoms with Gasteiger partial charge in [0.2, 0.25) is 5.91 Å². The van der Waals surface area contributed by atoms with E-state index in [2.05, 4.69) is 39.0 Å². The van der Waals surface area contributed by atoms with Crippen LogP contribution in [0.3, 0.4) is 0 Å². The van der Waals surface area contributed by atoms with E-state index >= 15 is 0 Å². The van der Waals surface area contributed by atoms with Crippen molar-refractivity contribution in [3.05, 3.63) is 118 Å². The molecule has 0 radical (unpaired) electrons. The first-order chi connectivity index (χ1) is 21.6. The molecule has 3 aromatic carbocycles. The number of hydrogen-bond acceptors (Lipinski definition) is 6. The van der Waals surface area contributed by atoms with Crippen LogP contribution in [0.5, 0.6) is 0 Å². The first-order valence-electron chi connectivity index (χ1n) is 14.5. The third-order valence-corrected chi connectivity index (χ3v) is 6.79. The molecule has 0 aliphatic carbocycles. The summed E-state index contributed by atoms with van der Waals surface area (Å²) in [7, 11) is 0. The maximum absolute atomic E-state index is 12.4. The second-order valence-electron chi connectivity index (χ2n) is 10.1. The maximum atomic E-state index is 12.4. The summed E-state index contributed by atoms with van der Waals surface area (Å²) in [6, 6.07) is 28.9. The summed E-state index contributed by atoms with van der Waals surface area (Å²) < 4.78 is 25.7. The van der Waals surface area contributed by atoms with E-state index in [4.69, 9.17) is 24.5 Å². The number of nitrogens with zero attached hydrogens (tertiary/aromatic N) is 3. The minimum Gasteiger partial charge on any atom is -0.374 e. The van der Waals surface area contributed by atoms with Crippen molar-refractivity contribution in [3.8, 4) is 23.7 Å². The summed E-state index contributed by atoms with van der Waals surface area (Å²) in [5, 5.41) is 6.48. The average molecular weight is 593 g/mol. The van der Waals surface area contributed by atoms with Gasteiger partial charge in [0, 0.05) is 24.8 Å². The fourth-order valence-electron chi connectivity index (χ4n) is 4.75. The predicted molar refractivity (Wildman–Crippen MR) is 167 cm³/mol. The molecule has 9 nitrogen and oxygen atoms in total. The Bertz CT molecular complexity index is 1470. The molecular weight excluding hydrogens is 556 g/mol. The summed E-state index contributed by atoms with van der Waals surface area (Å²) in [5.74, 6) is 11.3. The molecule has 9 heteroatoms. The minimum absolute atomic E-state index is 0.211. The van der Waals surface area contributed by atoms with Crippen LogP contribution in [0.15, 0.2) is 96.1 Å². The fourth-order valence-corrected chi connectivity index (χ4v) is 4.75. The van der Waals surface area contributed by atoms with Crippen LogP contribution < -0.4 is 5.32 Å². The van der Waals surface area contributed by atoms with Gasteiger partial charge >= 0.3 is 0 Å². The Morgan fingerprint density at radius 1 is 0.864 bits per heavy atom. The third-order valence-electron chi connectivity index (χ3n) is 6.79. The number of benzene rings is 3. The van der Waals surface area contributed by atoms with Crippen molar-refractivity contribution < 1.29 is 23.7 Å². The van der Waals surface area contributed by atoms with Crippen molar-refractivity contribution in [1.82, 2.24) is 5.32 Å².